The van der Waals surface area contributed by atoms with Gasteiger partial charge in [-0.1, -0.05) is 29.3 Å². The molecule has 5 rings (SSSR count). The Balaban J connectivity index is 1.31. The van der Waals surface area contributed by atoms with Gasteiger partial charge in [0.15, 0.2) is 0 Å². The van der Waals surface area contributed by atoms with Gasteiger partial charge in [-0.3, -0.25) is 14.8 Å². The first-order chi connectivity index (χ1) is 15.5. The molecule has 0 saturated carbocycles. The highest BCUT2D eigenvalue weighted by Crippen LogP contribution is 2.20. The van der Waals surface area contributed by atoms with E-state index < -0.39 is 0 Å². The molecule has 32 heavy (non-hydrogen) atoms. The molecule has 5 aromatic rings. The van der Waals surface area contributed by atoms with Crippen molar-refractivity contribution in [3.05, 3.63) is 106 Å². The first-order valence-corrected chi connectivity index (χ1v) is 10.7. The lowest BCUT2D eigenvalue weighted by Gasteiger charge is -2.07. The van der Waals surface area contributed by atoms with E-state index in [4.69, 9.17) is 23.2 Å². The predicted molar refractivity (Wildman–Crippen MR) is 125 cm³/mol. The van der Waals surface area contributed by atoms with Crippen LogP contribution in [0.15, 0.2) is 73.4 Å². The van der Waals surface area contributed by atoms with Crippen LogP contribution in [0, 0.1) is 0 Å². The van der Waals surface area contributed by atoms with E-state index in [1.54, 1.807) is 36.9 Å². The number of fused-ring (bicyclic) bond motifs is 2. The van der Waals surface area contributed by atoms with E-state index in [0.717, 1.165) is 33.4 Å². The Labute approximate surface area is 193 Å². The summed E-state index contributed by atoms with van der Waals surface area (Å²) < 4.78 is 1.87. The number of rotatable bonds is 5. The number of carbonyl (C=O) groups is 1. The predicted octanol–water partition coefficient (Wildman–Crippen LogP) is 5.11. The molecule has 4 aromatic heterocycles. The minimum absolute atomic E-state index is 0.189. The summed E-state index contributed by atoms with van der Waals surface area (Å²) in [7, 11) is 0. The number of benzene rings is 1. The molecule has 0 bridgehead atoms. The van der Waals surface area contributed by atoms with Crippen LogP contribution >= 0.6 is 23.2 Å². The maximum absolute atomic E-state index is 12.7. The molecule has 1 amide bonds. The monoisotopic (exact) mass is 461 g/mol. The molecule has 0 radical (unpaired) electrons. The van der Waals surface area contributed by atoms with Crippen molar-refractivity contribution in [3.8, 4) is 0 Å². The smallest absolute Gasteiger partial charge is 0.251 e. The average molecular weight is 462 g/mol. The van der Waals surface area contributed by atoms with E-state index in [2.05, 4.69) is 20.3 Å². The van der Waals surface area contributed by atoms with Crippen LogP contribution in [0.2, 0.25) is 10.0 Å². The van der Waals surface area contributed by atoms with E-state index in [1.165, 1.54) is 0 Å². The third-order valence-corrected chi connectivity index (χ3v) is 5.62. The highest BCUT2D eigenvalue weighted by Gasteiger charge is 2.11. The Morgan fingerprint density at radius 1 is 0.969 bits per heavy atom. The zero-order chi connectivity index (χ0) is 22.1. The summed E-state index contributed by atoms with van der Waals surface area (Å²) in [5.74, 6) is -0.189. The van der Waals surface area contributed by atoms with E-state index in [0.29, 0.717) is 28.6 Å². The van der Waals surface area contributed by atoms with Crippen LogP contribution in [-0.4, -0.2) is 25.3 Å². The number of carbonyl (C=O) groups excluding carboxylic acids is 1. The fourth-order valence-electron chi connectivity index (χ4n) is 3.61. The Bertz CT molecular complexity index is 1460. The number of hydrogen-bond acceptors (Lipinski definition) is 4. The van der Waals surface area contributed by atoms with Gasteiger partial charge in [-0.15, -0.1) is 0 Å². The van der Waals surface area contributed by atoms with Gasteiger partial charge in [0.1, 0.15) is 0 Å². The van der Waals surface area contributed by atoms with Gasteiger partial charge < -0.3 is 9.72 Å². The minimum Gasteiger partial charge on any atom is -0.346 e. The van der Waals surface area contributed by atoms with Gasteiger partial charge in [0, 0.05) is 46.7 Å². The standard InChI is InChI=1S/C24H17Cl2N5O/c25-18-4-6-31-14-30-22(23(31)11-18)13-29-24(32)16-3-5-27-20(10-16)8-15-1-2-21-17(7-15)9-19(26)12-28-21/h1-7,9-12,14H,8,13H2,(H,29,32). The molecule has 0 spiro atoms. The van der Waals surface area contributed by atoms with Crippen LogP contribution in [-0.2, 0) is 13.0 Å². The third-order valence-electron chi connectivity index (χ3n) is 5.17. The normalized spacial score (nSPS) is 11.2. The number of amides is 1. The van der Waals surface area contributed by atoms with Crippen LogP contribution in [0.3, 0.4) is 0 Å². The maximum Gasteiger partial charge on any atom is 0.251 e. The quantitative estimate of drug-likeness (QED) is 0.394. The van der Waals surface area contributed by atoms with Crippen LogP contribution in [0.1, 0.15) is 27.3 Å². The summed E-state index contributed by atoms with van der Waals surface area (Å²) in [6, 6.07) is 15.0. The van der Waals surface area contributed by atoms with Crippen LogP contribution in [0.5, 0.6) is 0 Å². The van der Waals surface area contributed by atoms with Gasteiger partial charge in [-0.25, -0.2) is 4.98 Å². The summed E-state index contributed by atoms with van der Waals surface area (Å²) in [5, 5.41) is 5.11. The summed E-state index contributed by atoms with van der Waals surface area (Å²) in [5.41, 5.74) is 4.89. The van der Waals surface area contributed by atoms with Crippen molar-refractivity contribution in [2.24, 2.45) is 0 Å². The third kappa shape index (κ3) is 4.28. The van der Waals surface area contributed by atoms with Crippen molar-refractivity contribution < 1.29 is 4.79 Å². The lowest BCUT2D eigenvalue weighted by molar-refractivity contribution is 0.0950. The van der Waals surface area contributed by atoms with E-state index in [9.17, 15) is 4.79 Å². The Morgan fingerprint density at radius 2 is 1.88 bits per heavy atom. The van der Waals surface area contributed by atoms with Crippen molar-refractivity contribution in [2.75, 3.05) is 0 Å². The molecule has 0 aliphatic heterocycles. The topological polar surface area (TPSA) is 72.2 Å². The molecule has 0 atom stereocenters. The van der Waals surface area contributed by atoms with Crippen LogP contribution < -0.4 is 5.32 Å². The van der Waals surface area contributed by atoms with Gasteiger partial charge >= 0.3 is 0 Å². The summed E-state index contributed by atoms with van der Waals surface area (Å²) in [6.07, 6.45) is 7.41. The Morgan fingerprint density at radius 3 is 2.78 bits per heavy atom. The summed E-state index contributed by atoms with van der Waals surface area (Å²) in [4.78, 5) is 25.8. The molecule has 0 aliphatic carbocycles. The molecule has 0 fully saturated rings. The Hall–Kier alpha value is -3.48. The molecule has 0 unspecified atom stereocenters. The first-order valence-electron chi connectivity index (χ1n) is 9.93. The minimum atomic E-state index is -0.189. The van der Waals surface area contributed by atoms with Crippen LogP contribution in [0.4, 0.5) is 0 Å². The van der Waals surface area contributed by atoms with Crippen molar-refractivity contribution in [1.82, 2.24) is 24.7 Å². The molecule has 0 aliphatic rings. The Kier molecular flexibility index (Phi) is 5.47. The molecule has 8 heteroatoms. The molecule has 1 N–H and O–H groups in total. The van der Waals surface area contributed by atoms with Gasteiger partial charge in [-0.2, -0.15) is 0 Å². The zero-order valence-electron chi connectivity index (χ0n) is 16.8. The number of imidazole rings is 1. The van der Waals surface area contributed by atoms with Gasteiger partial charge in [0.05, 0.1) is 34.6 Å². The number of hydrogen-bond donors (Lipinski definition) is 1. The number of pyridine rings is 3. The van der Waals surface area contributed by atoms with Crippen molar-refractivity contribution in [1.29, 1.82) is 0 Å². The number of halogens is 2. The number of aromatic nitrogens is 4. The lowest BCUT2D eigenvalue weighted by atomic mass is 10.0. The second kappa shape index (κ2) is 8.57. The maximum atomic E-state index is 12.7. The largest absolute Gasteiger partial charge is 0.346 e. The van der Waals surface area contributed by atoms with Crippen molar-refractivity contribution >= 4 is 45.5 Å². The molecule has 158 valence electrons. The molecule has 6 nitrogen and oxygen atoms in total. The first kappa shape index (κ1) is 20.4. The number of nitrogens with zero attached hydrogens (tertiary/aromatic N) is 4. The second-order valence-corrected chi connectivity index (χ2v) is 8.28. The van der Waals surface area contributed by atoms with Crippen molar-refractivity contribution in [2.45, 2.75) is 13.0 Å². The van der Waals surface area contributed by atoms with E-state index >= 15 is 0 Å². The molecular weight excluding hydrogens is 445 g/mol. The van der Waals surface area contributed by atoms with E-state index in [1.807, 2.05) is 40.9 Å². The summed E-state index contributed by atoms with van der Waals surface area (Å²) in [6.45, 7) is 0.297. The second-order valence-electron chi connectivity index (χ2n) is 7.40. The highest BCUT2D eigenvalue weighted by molar-refractivity contribution is 6.31. The van der Waals surface area contributed by atoms with E-state index in [-0.39, 0.29) is 5.91 Å². The van der Waals surface area contributed by atoms with Crippen LogP contribution in [0.25, 0.3) is 16.4 Å². The SMILES string of the molecule is O=C(NCc1ncn2ccc(Cl)cc12)c1ccnc(Cc2ccc3ncc(Cl)cc3c2)c1. The molecule has 0 saturated heterocycles. The zero-order valence-corrected chi connectivity index (χ0v) is 18.3. The molecular formula is C24H17Cl2N5O. The van der Waals surface area contributed by atoms with Crippen molar-refractivity contribution in [3.63, 3.8) is 0 Å². The van der Waals surface area contributed by atoms with Gasteiger partial charge in [0.25, 0.3) is 5.91 Å². The molecule has 4 heterocycles. The average Bonchev–Trinajstić information content (AvgIpc) is 3.19. The highest BCUT2D eigenvalue weighted by atomic mass is 35.5. The number of nitrogens with one attached hydrogen (secondary N) is 1. The van der Waals surface area contributed by atoms with Gasteiger partial charge in [-0.05, 0) is 48.0 Å². The summed E-state index contributed by atoms with van der Waals surface area (Å²) >= 11 is 12.1. The fourth-order valence-corrected chi connectivity index (χ4v) is 3.93. The lowest BCUT2D eigenvalue weighted by Crippen LogP contribution is -2.23. The van der Waals surface area contributed by atoms with Gasteiger partial charge in [0.2, 0.25) is 0 Å². The fraction of sp³-hybridized carbons (Fsp3) is 0.0833. The molecule has 1 aromatic carbocycles.